The molecule has 4 aromatic rings. The number of para-hydroxylation sites is 1. The molecule has 5 heterocycles. The van der Waals surface area contributed by atoms with Crippen LogP contribution in [0.25, 0.3) is 26.1 Å². The number of nitrogens with zero attached hydrogens (tertiary/aromatic N) is 7. The number of benzene rings is 1. The van der Waals surface area contributed by atoms with Gasteiger partial charge in [-0.05, 0) is 59.1 Å². The molecule has 1 amide bonds. The quantitative estimate of drug-likeness (QED) is 0.339. The molecule has 40 heavy (non-hydrogen) atoms. The first kappa shape index (κ1) is 27.1. The van der Waals surface area contributed by atoms with Crippen LogP contribution in [0.15, 0.2) is 35.3 Å². The van der Waals surface area contributed by atoms with E-state index in [0.29, 0.717) is 42.4 Å². The number of hydrogen-bond acceptors (Lipinski definition) is 9. The standard InChI is InChI=1S/C29H37N7O3S/c1-32(2)13-16-35(24(37)18-20-8-6-17-39-20)25-26(38)21-19-30-29(34-12-7-11-33(3)14-15-34)31-27(21)36-22-9-4-5-10-23(22)40-28(25)36/h4-5,9-10,19-20H,6-8,11-18H2,1-3H3. The van der Waals surface area contributed by atoms with Crippen LogP contribution in [0.1, 0.15) is 25.7 Å². The maximum Gasteiger partial charge on any atom is 0.229 e. The maximum absolute atomic E-state index is 14.3. The average Bonchev–Trinajstić information content (AvgIpc) is 3.53. The highest BCUT2D eigenvalue weighted by molar-refractivity contribution is 7.24. The van der Waals surface area contributed by atoms with Crippen LogP contribution in [0.2, 0.25) is 0 Å². The monoisotopic (exact) mass is 563 g/mol. The fraction of sp³-hybridized carbons (Fsp3) is 0.517. The molecule has 212 valence electrons. The van der Waals surface area contributed by atoms with Gasteiger partial charge in [-0.15, -0.1) is 11.3 Å². The van der Waals surface area contributed by atoms with Gasteiger partial charge in [0.25, 0.3) is 0 Å². The van der Waals surface area contributed by atoms with Gasteiger partial charge in [0.05, 0.1) is 28.1 Å². The first-order chi connectivity index (χ1) is 19.4. The zero-order valence-electron chi connectivity index (χ0n) is 23.5. The summed E-state index contributed by atoms with van der Waals surface area (Å²) < 4.78 is 8.88. The molecule has 0 radical (unpaired) electrons. The van der Waals surface area contributed by atoms with E-state index < -0.39 is 0 Å². The maximum atomic E-state index is 14.3. The molecule has 0 N–H and O–H groups in total. The Morgan fingerprint density at radius 2 is 1.98 bits per heavy atom. The molecule has 3 aromatic heterocycles. The minimum absolute atomic E-state index is 0.0872. The molecule has 1 aromatic carbocycles. The summed E-state index contributed by atoms with van der Waals surface area (Å²) in [5.74, 6) is 0.550. The number of carbonyl (C=O) groups excluding carboxylic acids is 1. The van der Waals surface area contributed by atoms with Gasteiger partial charge in [-0.1, -0.05) is 12.1 Å². The summed E-state index contributed by atoms with van der Waals surface area (Å²) in [4.78, 5) is 46.8. The van der Waals surface area contributed by atoms with Crippen molar-refractivity contribution >= 4 is 55.0 Å². The fourth-order valence-corrected chi connectivity index (χ4v) is 6.87. The average molecular weight is 564 g/mol. The SMILES string of the molecule is CN(C)CCN(C(=O)CC1CCCO1)c1c(=O)c2cnc(N3CCCN(C)CC3)nc2n2c1sc1ccccc12. The molecule has 0 saturated carbocycles. The molecule has 10 nitrogen and oxygen atoms in total. The van der Waals surface area contributed by atoms with E-state index in [1.54, 1.807) is 11.1 Å². The molecule has 6 rings (SSSR count). The van der Waals surface area contributed by atoms with Crippen LogP contribution in [0.5, 0.6) is 0 Å². The second-order valence-electron chi connectivity index (χ2n) is 11.1. The van der Waals surface area contributed by atoms with Crippen molar-refractivity contribution in [3.05, 3.63) is 40.7 Å². The Hall–Kier alpha value is -3.12. The third-order valence-corrected chi connectivity index (χ3v) is 9.05. The Bertz CT molecular complexity index is 1590. The predicted molar refractivity (Wildman–Crippen MR) is 161 cm³/mol. The molecule has 0 spiro atoms. The lowest BCUT2D eigenvalue weighted by molar-refractivity contribution is -0.120. The summed E-state index contributed by atoms with van der Waals surface area (Å²) >= 11 is 1.53. The third-order valence-electron chi connectivity index (χ3n) is 7.92. The number of fused-ring (bicyclic) bond motifs is 5. The Labute approximate surface area is 237 Å². The topological polar surface area (TPSA) is 86.5 Å². The highest BCUT2D eigenvalue weighted by atomic mass is 32.1. The Morgan fingerprint density at radius 3 is 2.77 bits per heavy atom. The van der Waals surface area contributed by atoms with Crippen LogP contribution in [0.4, 0.5) is 11.6 Å². The molecular formula is C29H37N7O3S. The fourth-order valence-electron chi connectivity index (χ4n) is 5.68. The molecule has 2 aliphatic rings. The number of pyridine rings is 1. The van der Waals surface area contributed by atoms with Crippen LogP contribution < -0.4 is 15.2 Å². The van der Waals surface area contributed by atoms with Crippen molar-refractivity contribution in [2.24, 2.45) is 0 Å². The molecule has 0 aliphatic carbocycles. The van der Waals surface area contributed by atoms with Gasteiger partial charge < -0.3 is 24.3 Å². The summed E-state index contributed by atoms with van der Waals surface area (Å²) in [6.45, 7) is 5.39. The lowest BCUT2D eigenvalue weighted by atomic mass is 10.1. The molecular weight excluding hydrogens is 526 g/mol. The van der Waals surface area contributed by atoms with Gasteiger partial charge >= 0.3 is 0 Å². The molecule has 2 fully saturated rings. The van der Waals surface area contributed by atoms with Gasteiger partial charge in [-0.3, -0.25) is 14.0 Å². The summed E-state index contributed by atoms with van der Waals surface area (Å²) in [7, 11) is 6.08. The molecule has 2 aliphatic heterocycles. The van der Waals surface area contributed by atoms with Crippen molar-refractivity contribution in [3.8, 4) is 0 Å². The molecule has 0 bridgehead atoms. The number of ether oxygens (including phenoxy) is 1. The van der Waals surface area contributed by atoms with Crippen molar-refractivity contribution in [2.75, 3.05) is 76.8 Å². The molecule has 11 heteroatoms. The van der Waals surface area contributed by atoms with E-state index in [0.717, 1.165) is 60.5 Å². The van der Waals surface area contributed by atoms with Crippen LogP contribution in [0.3, 0.4) is 0 Å². The van der Waals surface area contributed by atoms with E-state index in [-0.39, 0.29) is 23.9 Å². The Balaban J connectivity index is 1.54. The number of anilines is 2. The van der Waals surface area contributed by atoms with Crippen molar-refractivity contribution < 1.29 is 9.53 Å². The molecule has 1 atom stereocenters. The van der Waals surface area contributed by atoms with Crippen molar-refractivity contribution in [2.45, 2.75) is 31.8 Å². The van der Waals surface area contributed by atoms with Gasteiger partial charge in [-0.2, -0.15) is 4.98 Å². The van der Waals surface area contributed by atoms with E-state index >= 15 is 0 Å². The number of aromatic nitrogens is 3. The van der Waals surface area contributed by atoms with Crippen molar-refractivity contribution in [1.82, 2.24) is 24.2 Å². The first-order valence-electron chi connectivity index (χ1n) is 14.1. The minimum Gasteiger partial charge on any atom is -0.378 e. The highest BCUT2D eigenvalue weighted by Crippen LogP contribution is 2.35. The zero-order chi connectivity index (χ0) is 27.8. The van der Waals surface area contributed by atoms with E-state index in [2.05, 4.69) is 32.3 Å². The summed E-state index contributed by atoms with van der Waals surface area (Å²) in [5.41, 5.74) is 1.76. The van der Waals surface area contributed by atoms with E-state index in [4.69, 9.17) is 9.72 Å². The normalized spacial score (nSPS) is 18.8. The van der Waals surface area contributed by atoms with E-state index in [1.807, 2.05) is 37.2 Å². The summed E-state index contributed by atoms with van der Waals surface area (Å²) in [5, 5.41) is 0.423. The molecule has 1 unspecified atom stereocenters. The third kappa shape index (κ3) is 5.18. The number of thiazole rings is 1. The smallest absolute Gasteiger partial charge is 0.229 e. The number of rotatable bonds is 7. The lowest BCUT2D eigenvalue weighted by Gasteiger charge is -2.26. The predicted octanol–water partition coefficient (Wildman–Crippen LogP) is 3.06. The first-order valence-corrected chi connectivity index (χ1v) is 15.0. The van der Waals surface area contributed by atoms with Gasteiger partial charge in [0.2, 0.25) is 17.3 Å². The van der Waals surface area contributed by atoms with Crippen LogP contribution >= 0.6 is 11.3 Å². The van der Waals surface area contributed by atoms with Crippen molar-refractivity contribution in [3.63, 3.8) is 0 Å². The summed E-state index contributed by atoms with van der Waals surface area (Å²) in [6, 6.07) is 8.10. The second kappa shape index (κ2) is 11.4. The summed E-state index contributed by atoms with van der Waals surface area (Å²) in [6.07, 6.45) is 4.68. The zero-order valence-corrected chi connectivity index (χ0v) is 24.3. The van der Waals surface area contributed by atoms with Gasteiger partial charge in [0, 0.05) is 45.5 Å². The minimum atomic E-state index is -0.205. The Morgan fingerprint density at radius 1 is 1.12 bits per heavy atom. The van der Waals surface area contributed by atoms with Crippen LogP contribution in [-0.4, -0.2) is 103 Å². The van der Waals surface area contributed by atoms with E-state index in [1.165, 1.54) is 11.3 Å². The number of likely N-dealkylation sites (N-methyl/N-ethyl adjacent to an activating group) is 2. The second-order valence-corrected chi connectivity index (χ2v) is 12.2. The number of carbonyl (C=O) groups is 1. The van der Waals surface area contributed by atoms with E-state index in [9.17, 15) is 9.59 Å². The Kier molecular flexibility index (Phi) is 7.71. The van der Waals surface area contributed by atoms with Crippen LogP contribution in [0, 0.1) is 0 Å². The lowest BCUT2D eigenvalue weighted by Crippen LogP contribution is -2.41. The van der Waals surface area contributed by atoms with Gasteiger partial charge in [-0.25, -0.2) is 4.98 Å². The van der Waals surface area contributed by atoms with Crippen molar-refractivity contribution in [1.29, 1.82) is 0 Å². The largest absolute Gasteiger partial charge is 0.378 e. The highest BCUT2D eigenvalue weighted by Gasteiger charge is 2.29. The number of amides is 1. The van der Waals surface area contributed by atoms with Crippen LogP contribution in [-0.2, 0) is 9.53 Å². The number of hydrogen-bond donors (Lipinski definition) is 0. The molecule has 2 saturated heterocycles. The van der Waals surface area contributed by atoms with Gasteiger partial charge in [0.1, 0.15) is 10.5 Å². The van der Waals surface area contributed by atoms with Gasteiger partial charge in [0.15, 0.2) is 5.65 Å².